The minimum Gasteiger partial charge on any atom is -0.424 e. The Hall–Kier alpha value is -1.79. The largest absolute Gasteiger partial charge is 0.424 e. The molecule has 0 aliphatic heterocycles. The SMILES string of the molecule is CP(=O)(Oc1ccc2c(C(F)(F)F)cc(=O)oc2c1)OC1CCCCC1. The molecule has 1 unspecified atom stereocenters. The summed E-state index contributed by atoms with van der Waals surface area (Å²) in [5.41, 5.74) is -2.51. The van der Waals surface area contributed by atoms with Gasteiger partial charge in [0.2, 0.25) is 0 Å². The number of halogens is 3. The van der Waals surface area contributed by atoms with Crippen LogP contribution >= 0.6 is 7.60 Å². The molecule has 1 saturated carbocycles. The van der Waals surface area contributed by atoms with Crippen molar-refractivity contribution in [3.8, 4) is 5.75 Å². The molecule has 1 aliphatic rings. The monoisotopic (exact) mass is 390 g/mol. The maximum absolute atomic E-state index is 13.1. The lowest BCUT2D eigenvalue weighted by Crippen LogP contribution is -2.16. The van der Waals surface area contributed by atoms with Crippen molar-refractivity contribution < 1.29 is 31.2 Å². The summed E-state index contributed by atoms with van der Waals surface area (Å²) in [5, 5.41) is -0.274. The number of fused-ring (bicyclic) bond motifs is 1. The molecule has 5 nitrogen and oxygen atoms in total. The molecular formula is C17H18F3O5P. The first-order valence-corrected chi connectivity index (χ1v) is 10.2. The minimum absolute atomic E-state index is 0.0154. The van der Waals surface area contributed by atoms with Gasteiger partial charge in [0.15, 0.2) is 0 Å². The molecule has 1 atom stereocenters. The number of hydrogen-bond donors (Lipinski definition) is 0. The standard InChI is InChI=1S/C17H18F3O5P/c1-26(22,24-11-5-3-2-4-6-11)25-12-7-8-13-14(17(18,19)20)10-16(21)23-15(13)9-12/h7-11H,2-6H2,1H3. The third-order valence-corrected chi connectivity index (χ3v) is 5.41. The van der Waals surface area contributed by atoms with E-state index in [0.717, 1.165) is 44.2 Å². The lowest BCUT2D eigenvalue weighted by molar-refractivity contribution is -0.136. The second-order valence-corrected chi connectivity index (χ2v) is 8.30. The summed E-state index contributed by atoms with van der Waals surface area (Å²) in [6.07, 6.45) is -0.167. The van der Waals surface area contributed by atoms with E-state index in [9.17, 15) is 22.5 Å². The lowest BCUT2D eigenvalue weighted by atomic mass is 9.98. The highest BCUT2D eigenvalue weighted by atomic mass is 31.2. The van der Waals surface area contributed by atoms with Crippen LogP contribution in [0.4, 0.5) is 13.2 Å². The van der Waals surface area contributed by atoms with E-state index in [1.54, 1.807) is 0 Å². The van der Waals surface area contributed by atoms with Crippen LogP contribution in [0.1, 0.15) is 37.7 Å². The molecule has 1 aromatic carbocycles. The molecule has 1 aliphatic carbocycles. The quantitative estimate of drug-likeness (QED) is 0.519. The van der Waals surface area contributed by atoms with Gasteiger partial charge in [-0.3, -0.25) is 4.52 Å². The molecular weight excluding hydrogens is 372 g/mol. The Kier molecular flexibility index (Phi) is 5.17. The van der Waals surface area contributed by atoms with E-state index in [4.69, 9.17) is 13.5 Å². The van der Waals surface area contributed by atoms with Crippen LogP contribution in [-0.4, -0.2) is 12.8 Å². The van der Waals surface area contributed by atoms with Gasteiger partial charge >= 0.3 is 19.4 Å². The highest BCUT2D eigenvalue weighted by Gasteiger charge is 2.34. The van der Waals surface area contributed by atoms with Gasteiger partial charge in [-0.05, 0) is 25.0 Å². The van der Waals surface area contributed by atoms with Crippen LogP contribution < -0.4 is 10.1 Å². The first-order valence-electron chi connectivity index (χ1n) is 8.25. The summed E-state index contributed by atoms with van der Waals surface area (Å²) < 4.78 is 67.5. The average molecular weight is 390 g/mol. The summed E-state index contributed by atoms with van der Waals surface area (Å²) in [7, 11) is -3.46. The van der Waals surface area contributed by atoms with E-state index >= 15 is 0 Å². The molecule has 3 rings (SSSR count). The topological polar surface area (TPSA) is 65.7 Å². The summed E-state index contributed by atoms with van der Waals surface area (Å²) >= 11 is 0. The van der Waals surface area contributed by atoms with Gasteiger partial charge in [0.1, 0.15) is 11.3 Å². The van der Waals surface area contributed by atoms with Crippen LogP contribution in [0.3, 0.4) is 0 Å². The smallest absolute Gasteiger partial charge is 0.417 e. The van der Waals surface area contributed by atoms with Gasteiger partial charge in [0, 0.05) is 24.2 Å². The van der Waals surface area contributed by atoms with Gasteiger partial charge in [0.25, 0.3) is 0 Å². The molecule has 26 heavy (non-hydrogen) atoms. The fourth-order valence-corrected chi connectivity index (χ4v) is 4.38. The third-order valence-electron chi connectivity index (χ3n) is 4.19. The van der Waals surface area contributed by atoms with Gasteiger partial charge in [-0.25, -0.2) is 9.36 Å². The zero-order chi connectivity index (χ0) is 18.9. The Morgan fingerprint density at radius 2 is 1.85 bits per heavy atom. The zero-order valence-electron chi connectivity index (χ0n) is 14.0. The first kappa shape index (κ1) is 19.0. The number of benzene rings is 1. The van der Waals surface area contributed by atoms with E-state index < -0.39 is 25.0 Å². The summed E-state index contributed by atoms with van der Waals surface area (Å²) in [6.45, 7) is 1.31. The molecule has 9 heteroatoms. The molecule has 1 heterocycles. The second kappa shape index (κ2) is 7.08. The number of hydrogen-bond acceptors (Lipinski definition) is 5. The minimum atomic E-state index is -4.69. The van der Waals surface area contributed by atoms with Crippen molar-refractivity contribution in [2.24, 2.45) is 0 Å². The Morgan fingerprint density at radius 1 is 1.15 bits per heavy atom. The molecule has 142 valence electrons. The molecule has 0 N–H and O–H groups in total. The van der Waals surface area contributed by atoms with E-state index in [1.165, 1.54) is 12.7 Å². The van der Waals surface area contributed by atoms with Crippen molar-refractivity contribution in [1.82, 2.24) is 0 Å². The predicted molar refractivity (Wildman–Crippen MR) is 89.6 cm³/mol. The summed E-state index contributed by atoms with van der Waals surface area (Å²) in [4.78, 5) is 11.4. The Balaban J connectivity index is 1.87. The van der Waals surface area contributed by atoms with E-state index in [0.29, 0.717) is 6.07 Å². The van der Waals surface area contributed by atoms with Gasteiger partial charge in [0.05, 0.1) is 11.7 Å². The van der Waals surface area contributed by atoms with Gasteiger partial charge in [-0.2, -0.15) is 13.2 Å². The van der Waals surface area contributed by atoms with Crippen molar-refractivity contribution >= 4 is 18.6 Å². The molecule has 0 bridgehead atoms. The van der Waals surface area contributed by atoms with Crippen LogP contribution in [0.5, 0.6) is 5.75 Å². The molecule has 0 spiro atoms. The molecule has 0 saturated heterocycles. The second-order valence-electron chi connectivity index (χ2n) is 6.36. The van der Waals surface area contributed by atoms with E-state index in [-0.39, 0.29) is 22.8 Å². The maximum Gasteiger partial charge on any atom is 0.417 e. The Labute approximate surface area is 147 Å². The summed E-state index contributed by atoms with van der Waals surface area (Å²) in [5.74, 6) is 0.0154. The number of rotatable bonds is 4. The van der Waals surface area contributed by atoms with Gasteiger partial charge < -0.3 is 8.94 Å². The van der Waals surface area contributed by atoms with Crippen LogP contribution in [0.25, 0.3) is 11.0 Å². The fraction of sp³-hybridized carbons (Fsp3) is 0.471. The molecule has 1 aromatic heterocycles. The Morgan fingerprint density at radius 3 is 2.50 bits per heavy atom. The molecule has 0 amide bonds. The fourth-order valence-electron chi connectivity index (χ4n) is 3.09. The average Bonchev–Trinajstić information content (AvgIpc) is 2.53. The summed E-state index contributed by atoms with van der Waals surface area (Å²) in [6, 6.07) is 3.89. The third kappa shape index (κ3) is 4.48. The highest BCUT2D eigenvalue weighted by Crippen LogP contribution is 2.48. The maximum atomic E-state index is 13.1. The highest BCUT2D eigenvalue weighted by molar-refractivity contribution is 7.53. The van der Waals surface area contributed by atoms with Crippen molar-refractivity contribution in [3.63, 3.8) is 0 Å². The van der Waals surface area contributed by atoms with E-state index in [2.05, 4.69) is 0 Å². The van der Waals surface area contributed by atoms with Crippen molar-refractivity contribution in [2.75, 3.05) is 6.66 Å². The van der Waals surface area contributed by atoms with Crippen LogP contribution in [0.2, 0.25) is 0 Å². The number of alkyl halides is 3. The first-order chi connectivity index (χ1) is 12.1. The van der Waals surface area contributed by atoms with E-state index in [1.807, 2.05) is 0 Å². The molecule has 0 radical (unpaired) electrons. The molecule has 2 aromatic rings. The van der Waals surface area contributed by atoms with Gasteiger partial charge in [-0.15, -0.1) is 0 Å². The van der Waals surface area contributed by atoms with Crippen molar-refractivity contribution in [1.29, 1.82) is 0 Å². The predicted octanol–water partition coefficient (Wildman–Crippen LogP) is 5.36. The van der Waals surface area contributed by atoms with Crippen LogP contribution in [0, 0.1) is 0 Å². The zero-order valence-corrected chi connectivity index (χ0v) is 14.9. The van der Waals surface area contributed by atoms with Crippen molar-refractivity contribution in [2.45, 2.75) is 44.4 Å². The Bertz CT molecular complexity index is 899. The normalized spacial score (nSPS) is 18.6. The van der Waals surface area contributed by atoms with Crippen molar-refractivity contribution in [3.05, 3.63) is 40.2 Å². The van der Waals surface area contributed by atoms with Crippen LogP contribution in [0.15, 0.2) is 33.5 Å². The van der Waals surface area contributed by atoms with Gasteiger partial charge in [-0.1, -0.05) is 19.3 Å². The lowest BCUT2D eigenvalue weighted by Gasteiger charge is -2.25. The molecule has 1 fully saturated rings. The van der Waals surface area contributed by atoms with Crippen LogP contribution in [-0.2, 0) is 15.3 Å².